The van der Waals surface area contributed by atoms with Crippen LogP contribution in [0.25, 0.3) is 0 Å². The lowest BCUT2D eigenvalue weighted by Crippen LogP contribution is -1.88. The molecular formula is C12H10ClNO2. The molecule has 0 spiro atoms. The summed E-state index contributed by atoms with van der Waals surface area (Å²) in [7, 11) is 1.59. The Morgan fingerprint density at radius 2 is 1.69 bits per heavy atom. The first-order chi connectivity index (χ1) is 7.78. The molecule has 0 aliphatic carbocycles. The highest BCUT2D eigenvalue weighted by Crippen LogP contribution is 2.22. The van der Waals surface area contributed by atoms with Gasteiger partial charge in [0.1, 0.15) is 11.5 Å². The molecule has 3 nitrogen and oxygen atoms in total. The van der Waals surface area contributed by atoms with Crippen molar-refractivity contribution in [2.45, 2.75) is 0 Å². The molecule has 1 aromatic heterocycles. The maximum absolute atomic E-state index is 5.77. The highest BCUT2D eigenvalue weighted by molar-refractivity contribution is 6.30. The summed E-state index contributed by atoms with van der Waals surface area (Å²) in [5, 5.41) is 0.676. The predicted octanol–water partition coefficient (Wildman–Crippen LogP) is 3.54. The quantitative estimate of drug-likeness (QED) is 0.816. The van der Waals surface area contributed by atoms with Crippen LogP contribution < -0.4 is 9.47 Å². The number of ether oxygens (including phenoxy) is 2. The summed E-state index contributed by atoms with van der Waals surface area (Å²) in [6.07, 6.45) is 1.60. The van der Waals surface area contributed by atoms with Crippen molar-refractivity contribution in [1.82, 2.24) is 4.98 Å². The van der Waals surface area contributed by atoms with Crippen LogP contribution in [0.15, 0.2) is 42.6 Å². The highest BCUT2D eigenvalue weighted by atomic mass is 35.5. The first-order valence-corrected chi connectivity index (χ1v) is 5.09. The van der Waals surface area contributed by atoms with Crippen molar-refractivity contribution in [3.05, 3.63) is 47.6 Å². The molecule has 0 saturated heterocycles. The molecule has 1 heterocycles. The molecule has 0 radical (unpaired) electrons. The molecule has 0 aliphatic rings. The summed E-state index contributed by atoms with van der Waals surface area (Å²) in [5.41, 5.74) is 0. The minimum Gasteiger partial charge on any atom is -0.495 e. The topological polar surface area (TPSA) is 31.4 Å². The fraction of sp³-hybridized carbons (Fsp3) is 0.0833. The van der Waals surface area contributed by atoms with E-state index in [2.05, 4.69) is 4.98 Å². The molecule has 0 saturated carbocycles. The third-order valence-corrected chi connectivity index (χ3v) is 2.23. The molecule has 0 bridgehead atoms. The summed E-state index contributed by atoms with van der Waals surface area (Å²) >= 11 is 5.77. The van der Waals surface area contributed by atoms with Crippen molar-refractivity contribution in [3.63, 3.8) is 0 Å². The zero-order valence-electron chi connectivity index (χ0n) is 8.68. The third-order valence-electron chi connectivity index (χ3n) is 1.98. The van der Waals surface area contributed by atoms with Crippen LogP contribution in [-0.2, 0) is 0 Å². The maximum atomic E-state index is 5.77. The Kier molecular flexibility index (Phi) is 3.27. The van der Waals surface area contributed by atoms with Gasteiger partial charge in [0.2, 0.25) is 5.88 Å². The molecule has 2 aromatic rings. The zero-order chi connectivity index (χ0) is 11.4. The first kappa shape index (κ1) is 10.8. The van der Waals surface area contributed by atoms with Crippen LogP contribution in [0, 0.1) is 0 Å². The zero-order valence-corrected chi connectivity index (χ0v) is 9.44. The Morgan fingerprint density at radius 3 is 2.25 bits per heavy atom. The van der Waals surface area contributed by atoms with Gasteiger partial charge in [-0.3, -0.25) is 0 Å². The Morgan fingerprint density at radius 1 is 1.00 bits per heavy atom. The van der Waals surface area contributed by atoms with Gasteiger partial charge in [-0.25, -0.2) is 4.98 Å². The van der Waals surface area contributed by atoms with E-state index in [1.54, 1.807) is 49.7 Å². The van der Waals surface area contributed by atoms with Gasteiger partial charge < -0.3 is 9.47 Å². The van der Waals surface area contributed by atoms with Gasteiger partial charge in [-0.15, -0.1) is 0 Å². The molecule has 0 N–H and O–H groups in total. The number of benzene rings is 1. The summed E-state index contributed by atoms with van der Waals surface area (Å²) in [4.78, 5) is 4.09. The number of methoxy groups -OCH3 is 1. The van der Waals surface area contributed by atoms with Gasteiger partial charge in [0.25, 0.3) is 0 Å². The van der Waals surface area contributed by atoms with Gasteiger partial charge in [-0.2, -0.15) is 0 Å². The van der Waals surface area contributed by atoms with E-state index >= 15 is 0 Å². The van der Waals surface area contributed by atoms with Crippen LogP contribution >= 0.6 is 11.6 Å². The lowest BCUT2D eigenvalue weighted by atomic mass is 10.3. The van der Waals surface area contributed by atoms with Gasteiger partial charge in [-0.1, -0.05) is 11.6 Å². The van der Waals surface area contributed by atoms with Crippen molar-refractivity contribution in [2.24, 2.45) is 0 Å². The van der Waals surface area contributed by atoms with E-state index in [0.29, 0.717) is 22.4 Å². The van der Waals surface area contributed by atoms with Crippen molar-refractivity contribution in [3.8, 4) is 17.4 Å². The number of nitrogens with zero attached hydrogens (tertiary/aromatic N) is 1. The van der Waals surface area contributed by atoms with Crippen LogP contribution in [0.1, 0.15) is 0 Å². The summed E-state index contributed by atoms with van der Waals surface area (Å²) in [6, 6.07) is 10.6. The predicted molar refractivity (Wildman–Crippen MR) is 62.3 cm³/mol. The Labute approximate surface area is 98.6 Å². The molecule has 4 heteroatoms. The van der Waals surface area contributed by atoms with E-state index in [0.717, 1.165) is 0 Å². The highest BCUT2D eigenvalue weighted by Gasteiger charge is 1.99. The summed E-state index contributed by atoms with van der Waals surface area (Å²) in [6.45, 7) is 0. The number of halogens is 1. The van der Waals surface area contributed by atoms with Gasteiger partial charge in [0, 0.05) is 11.1 Å². The van der Waals surface area contributed by atoms with Gasteiger partial charge in [0.15, 0.2) is 0 Å². The van der Waals surface area contributed by atoms with Crippen molar-refractivity contribution in [2.75, 3.05) is 7.11 Å². The molecule has 2 rings (SSSR count). The van der Waals surface area contributed by atoms with E-state index < -0.39 is 0 Å². The van der Waals surface area contributed by atoms with Gasteiger partial charge >= 0.3 is 0 Å². The Hall–Kier alpha value is -1.74. The molecule has 82 valence electrons. The first-order valence-electron chi connectivity index (χ1n) is 4.71. The van der Waals surface area contributed by atoms with Crippen molar-refractivity contribution >= 4 is 11.6 Å². The Bertz CT molecular complexity index is 453. The minimum absolute atomic E-state index is 0.517. The van der Waals surface area contributed by atoms with Crippen molar-refractivity contribution in [1.29, 1.82) is 0 Å². The van der Waals surface area contributed by atoms with Crippen LogP contribution in [-0.4, -0.2) is 12.1 Å². The minimum atomic E-state index is 0.517. The monoisotopic (exact) mass is 235 g/mol. The molecule has 0 amide bonds. The average Bonchev–Trinajstić information content (AvgIpc) is 2.33. The second-order valence-electron chi connectivity index (χ2n) is 3.09. The molecule has 16 heavy (non-hydrogen) atoms. The summed E-state index contributed by atoms with van der Waals surface area (Å²) in [5.74, 6) is 1.91. The van der Waals surface area contributed by atoms with E-state index in [9.17, 15) is 0 Å². The number of aromatic nitrogens is 1. The fourth-order valence-corrected chi connectivity index (χ4v) is 1.30. The van der Waals surface area contributed by atoms with Crippen LogP contribution in [0.4, 0.5) is 0 Å². The normalized spacial score (nSPS) is 9.88. The number of hydrogen-bond acceptors (Lipinski definition) is 3. The Balaban J connectivity index is 2.11. The average molecular weight is 236 g/mol. The second-order valence-corrected chi connectivity index (χ2v) is 3.53. The molecular weight excluding hydrogens is 226 g/mol. The van der Waals surface area contributed by atoms with E-state index in [-0.39, 0.29) is 0 Å². The smallest absolute Gasteiger partial charge is 0.219 e. The van der Waals surface area contributed by atoms with Crippen LogP contribution in [0.2, 0.25) is 5.02 Å². The standard InChI is InChI=1S/C12H10ClNO2/c1-15-11-6-7-12(14-8-11)16-10-4-2-9(13)3-5-10/h2-8H,1H3. The number of rotatable bonds is 3. The van der Waals surface area contributed by atoms with E-state index in [1.807, 2.05) is 0 Å². The van der Waals surface area contributed by atoms with Gasteiger partial charge in [-0.05, 0) is 30.3 Å². The second kappa shape index (κ2) is 4.86. The number of hydrogen-bond donors (Lipinski definition) is 0. The molecule has 0 fully saturated rings. The van der Waals surface area contributed by atoms with Crippen molar-refractivity contribution < 1.29 is 9.47 Å². The molecule has 0 unspecified atom stereocenters. The van der Waals surface area contributed by atoms with E-state index in [4.69, 9.17) is 21.1 Å². The van der Waals surface area contributed by atoms with Crippen LogP contribution in [0.3, 0.4) is 0 Å². The van der Waals surface area contributed by atoms with Crippen LogP contribution in [0.5, 0.6) is 17.4 Å². The van der Waals surface area contributed by atoms with Gasteiger partial charge in [0.05, 0.1) is 13.3 Å². The fourth-order valence-electron chi connectivity index (χ4n) is 1.17. The number of pyridine rings is 1. The maximum Gasteiger partial charge on any atom is 0.219 e. The SMILES string of the molecule is COc1ccc(Oc2ccc(Cl)cc2)nc1. The third kappa shape index (κ3) is 2.64. The molecule has 1 aromatic carbocycles. The van der Waals surface area contributed by atoms with E-state index in [1.165, 1.54) is 0 Å². The molecule has 0 aliphatic heterocycles. The largest absolute Gasteiger partial charge is 0.495 e. The summed E-state index contributed by atoms with van der Waals surface area (Å²) < 4.78 is 10.5. The molecule has 0 atom stereocenters. The lowest BCUT2D eigenvalue weighted by Gasteiger charge is -2.05. The lowest BCUT2D eigenvalue weighted by molar-refractivity contribution is 0.408.